The zero-order valence-corrected chi connectivity index (χ0v) is 16.2. The van der Waals surface area contributed by atoms with Crippen LogP contribution in [-0.2, 0) is 13.2 Å². The molecule has 3 aromatic rings. The Kier molecular flexibility index (Phi) is 5.37. The van der Waals surface area contributed by atoms with Crippen LogP contribution in [0, 0.1) is 0 Å². The zero-order chi connectivity index (χ0) is 17.8. The van der Waals surface area contributed by atoms with Gasteiger partial charge < -0.3 is 10.1 Å². The van der Waals surface area contributed by atoms with Gasteiger partial charge in [0.2, 0.25) is 0 Å². The molecule has 0 unspecified atom stereocenters. The molecule has 1 fully saturated rings. The van der Waals surface area contributed by atoms with Crippen LogP contribution in [0.5, 0.6) is 5.75 Å². The van der Waals surface area contributed by atoms with E-state index in [4.69, 9.17) is 4.74 Å². The lowest BCUT2D eigenvalue weighted by Crippen LogP contribution is -2.17. The average Bonchev–Trinajstić information content (AvgIpc) is 3.47. The molecule has 1 aliphatic carbocycles. The van der Waals surface area contributed by atoms with Crippen molar-refractivity contribution in [3.05, 3.63) is 100 Å². The van der Waals surface area contributed by atoms with E-state index in [0.717, 1.165) is 16.8 Å². The largest absolute Gasteiger partial charge is 0.489 e. The third-order valence-electron chi connectivity index (χ3n) is 4.80. The highest BCUT2D eigenvalue weighted by Crippen LogP contribution is 2.40. The van der Waals surface area contributed by atoms with E-state index in [1.807, 2.05) is 18.2 Å². The summed E-state index contributed by atoms with van der Waals surface area (Å²) >= 11 is 3.46. The lowest BCUT2D eigenvalue weighted by Gasteiger charge is -2.09. The summed E-state index contributed by atoms with van der Waals surface area (Å²) in [5.41, 5.74) is 3.87. The standard InChI is InChI=1S/C23H22BrNO/c24-20-11-9-17(10-12-20)16-26-21-8-4-5-18(13-21)15-25-23-14-22(23)19-6-2-1-3-7-19/h1-13,22-23,25H,14-16H2/t22-,23+/m1/s1. The normalized spacial score (nSPS) is 18.5. The van der Waals surface area contributed by atoms with Gasteiger partial charge in [-0.05, 0) is 47.4 Å². The van der Waals surface area contributed by atoms with E-state index in [1.165, 1.54) is 23.1 Å². The molecule has 1 N–H and O–H groups in total. The molecular weight excluding hydrogens is 386 g/mol. The van der Waals surface area contributed by atoms with Crippen LogP contribution < -0.4 is 10.1 Å². The molecule has 0 radical (unpaired) electrons. The fourth-order valence-corrected chi connectivity index (χ4v) is 3.50. The van der Waals surface area contributed by atoms with Gasteiger partial charge in [-0.15, -0.1) is 0 Å². The summed E-state index contributed by atoms with van der Waals surface area (Å²) in [6.45, 7) is 1.46. The van der Waals surface area contributed by atoms with Crippen molar-refractivity contribution in [3.63, 3.8) is 0 Å². The lowest BCUT2D eigenvalue weighted by molar-refractivity contribution is 0.306. The average molecular weight is 408 g/mol. The van der Waals surface area contributed by atoms with Gasteiger partial charge in [0, 0.05) is 23.0 Å². The van der Waals surface area contributed by atoms with Gasteiger partial charge in [0.05, 0.1) is 0 Å². The fourth-order valence-electron chi connectivity index (χ4n) is 3.23. The molecule has 1 saturated carbocycles. The highest BCUT2D eigenvalue weighted by Gasteiger charge is 2.37. The predicted octanol–water partition coefficient (Wildman–Crippen LogP) is 5.67. The predicted molar refractivity (Wildman–Crippen MR) is 109 cm³/mol. The number of nitrogens with one attached hydrogen (secondary N) is 1. The van der Waals surface area contributed by atoms with E-state index in [2.05, 4.69) is 81.9 Å². The number of benzene rings is 3. The minimum absolute atomic E-state index is 0.586. The first-order valence-corrected chi connectivity index (χ1v) is 9.82. The molecule has 4 rings (SSSR count). The number of hydrogen-bond acceptors (Lipinski definition) is 2. The van der Waals surface area contributed by atoms with Crippen LogP contribution in [0.25, 0.3) is 0 Å². The van der Waals surface area contributed by atoms with Gasteiger partial charge in [-0.1, -0.05) is 70.5 Å². The molecule has 1 aliphatic rings. The van der Waals surface area contributed by atoms with Crippen LogP contribution in [0.4, 0.5) is 0 Å². The summed E-state index contributed by atoms with van der Waals surface area (Å²) in [6, 6.07) is 28.0. The lowest BCUT2D eigenvalue weighted by atomic mass is 10.1. The Hall–Kier alpha value is -2.10. The van der Waals surface area contributed by atoms with Crippen molar-refractivity contribution in [2.24, 2.45) is 0 Å². The third-order valence-corrected chi connectivity index (χ3v) is 5.33. The third kappa shape index (κ3) is 4.54. The fraction of sp³-hybridized carbons (Fsp3) is 0.217. The van der Waals surface area contributed by atoms with Gasteiger partial charge in [0.1, 0.15) is 12.4 Å². The second-order valence-electron chi connectivity index (χ2n) is 6.80. The Labute approximate surface area is 163 Å². The number of ether oxygens (including phenoxy) is 1. The Morgan fingerprint density at radius 3 is 2.50 bits per heavy atom. The van der Waals surface area contributed by atoms with Crippen molar-refractivity contribution in [2.75, 3.05) is 0 Å². The summed E-state index contributed by atoms with van der Waals surface area (Å²) in [4.78, 5) is 0. The van der Waals surface area contributed by atoms with Crippen LogP contribution in [0.15, 0.2) is 83.3 Å². The summed E-state index contributed by atoms with van der Waals surface area (Å²) in [6.07, 6.45) is 1.23. The molecule has 0 spiro atoms. The van der Waals surface area contributed by atoms with Crippen molar-refractivity contribution >= 4 is 15.9 Å². The maximum atomic E-state index is 5.94. The van der Waals surface area contributed by atoms with Crippen LogP contribution in [-0.4, -0.2) is 6.04 Å². The summed E-state index contributed by atoms with van der Waals surface area (Å²) in [5, 5.41) is 3.67. The molecule has 2 atom stereocenters. The molecule has 3 heteroatoms. The Morgan fingerprint density at radius 1 is 0.885 bits per heavy atom. The monoisotopic (exact) mass is 407 g/mol. The van der Waals surface area contributed by atoms with Gasteiger partial charge in [-0.2, -0.15) is 0 Å². The molecule has 2 nitrogen and oxygen atoms in total. The van der Waals surface area contributed by atoms with Crippen molar-refractivity contribution in [1.82, 2.24) is 5.32 Å². The van der Waals surface area contributed by atoms with Gasteiger partial charge in [-0.25, -0.2) is 0 Å². The molecule has 0 aliphatic heterocycles. The van der Waals surface area contributed by atoms with Gasteiger partial charge in [0.15, 0.2) is 0 Å². The van der Waals surface area contributed by atoms with Crippen molar-refractivity contribution in [2.45, 2.75) is 31.5 Å². The summed E-state index contributed by atoms with van der Waals surface area (Å²) in [5.74, 6) is 1.58. The summed E-state index contributed by atoms with van der Waals surface area (Å²) in [7, 11) is 0. The van der Waals surface area contributed by atoms with E-state index < -0.39 is 0 Å². The number of hydrogen-bond donors (Lipinski definition) is 1. The number of halogens is 1. The molecule has 0 heterocycles. The maximum Gasteiger partial charge on any atom is 0.120 e. The van der Waals surface area contributed by atoms with Crippen molar-refractivity contribution < 1.29 is 4.74 Å². The first-order chi connectivity index (χ1) is 12.8. The SMILES string of the molecule is Brc1ccc(COc2cccc(CN[C@H]3C[C@@H]3c3ccccc3)c2)cc1. The minimum atomic E-state index is 0.586. The van der Waals surface area contributed by atoms with E-state index in [-0.39, 0.29) is 0 Å². The van der Waals surface area contributed by atoms with E-state index in [1.54, 1.807) is 0 Å². The Balaban J connectivity index is 1.28. The van der Waals surface area contributed by atoms with Gasteiger partial charge in [-0.3, -0.25) is 0 Å². The van der Waals surface area contributed by atoms with Crippen LogP contribution in [0.2, 0.25) is 0 Å². The Bertz CT molecular complexity index is 848. The van der Waals surface area contributed by atoms with Crippen molar-refractivity contribution in [3.8, 4) is 5.75 Å². The molecule has 3 aromatic carbocycles. The molecule has 0 bridgehead atoms. The smallest absolute Gasteiger partial charge is 0.120 e. The topological polar surface area (TPSA) is 21.3 Å². The Morgan fingerprint density at radius 2 is 1.69 bits per heavy atom. The maximum absolute atomic E-state index is 5.94. The minimum Gasteiger partial charge on any atom is -0.489 e. The van der Waals surface area contributed by atoms with E-state index >= 15 is 0 Å². The van der Waals surface area contributed by atoms with Crippen LogP contribution >= 0.6 is 15.9 Å². The second kappa shape index (κ2) is 8.07. The quantitative estimate of drug-likeness (QED) is 0.544. The second-order valence-corrected chi connectivity index (χ2v) is 7.72. The van der Waals surface area contributed by atoms with Crippen LogP contribution in [0.1, 0.15) is 29.0 Å². The van der Waals surface area contributed by atoms with Crippen molar-refractivity contribution in [1.29, 1.82) is 0 Å². The molecule has 26 heavy (non-hydrogen) atoms. The van der Waals surface area contributed by atoms with E-state index in [0.29, 0.717) is 18.6 Å². The molecule has 0 amide bonds. The summed E-state index contributed by atoms with van der Waals surface area (Å²) < 4.78 is 7.03. The van der Waals surface area contributed by atoms with Crippen LogP contribution in [0.3, 0.4) is 0 Å². The van der Waals surface area contributed by atoms with Gasteiger partial charge in [0.25, 0.3) is 0 Å². The molecule has 0 saturated heterocycles. The first-order valence-electron chi connectivity index (χ1n) is 9.02. The molecule has 132 valence electrons. The van der Waals surface area contributed by atoms with Gasteiger partial charge >= 0.3 is 0 Å². The first kappa shape index (κ1) is 17.3. The highest BCUT2D eigenvalue weighted by molar-refractivity contribution is 9.10. The highest BCUT2D eigenvalue weighted by atomic mass is 79.9. The number of rotatable bonds is 7. The van der Waals surface area contributed by atoms with E-state index in [9.17, 15) is 0 Å². The molecular formula is C23H22BrNO. The zero-order valence-electron chi connectivity index (χ0n) is 14.6. The molecule has 0 aromatic heterocycles.